The van der Waals surface area contributed by atoms with E-state index in [2.05, 4.69) is 11.9 Å². The van der Waals surface area contributed by atoms with Crippen LogP contribution in [0.25, 0.3) is 0 Å². The Morgan fingerprint density at radius 3 is 2.82 bits per heavy atom. The Balaban J connectivity index is 2.86. The van der Waals surface area contributed by atoms with Gasteiger partial charge in [-0.15, -0.1) is 0 Å². The van der Waals surface area contributed by atoms with Crippen molar-refractivity contribution in [2.75, 3.05) is 18.9 Å². The number of hydrogen-bond donors (Lipinski definition) is 2. The molecule has 0 aliphatic heterocycles. The molecule has 3 N–H and O–H groups in total. The second-order valence-corrected chi connectivity index (χ2v) is 3.86. The minimum absolute atomic E-state index is 0.132. The van der Waals surface area contributed by atoms with Crippen LogP contribution in [-0.4, -0.2) is 19.1 Å². The van der Waals surface area contributed by atoms with Crippen molar-refractivity contribution in [2.45, 2.75) is 13.8 Å². The summed E-state index contributed by atoms with van der Waals surface area (Å²) in [4.78, 5) is 11.6. The maximum absolute atomic E-state index is 11.6. The molecule has 1 amide bonds. The van der Waals surface area contributed by atoms with Crippen molar-refractivity contribution in [1.29, 1.82) is 0 Å². The van der Waals surface area contributed by atoms with Crippen molar-refractivity contribution in [2.24, 2.45) is 0 Å². The minimum Gasteiger partial charge on any atom is -0.487 e. The number of anilines is 1. The number of ether oxygens (including phenoxy) is 1. The summed E-state index contributed by atoms with van der Waals surface area (Å²) < 4.78 is 5.46. The summed E-state index contributed by atoms with van der Waals surface area (Å²) >= 11 is 0. The van der Waals surface area contributed by atoms with E-state index in [9.17, 15) is 4.79 Å². The van der Waals surface area contributed by atoms with Gasteiger partial charge in [-0.05, 0) is 37.6 Å². The van der Waals surface area contributed by atoms with E-state index in [1.54, 1.807) is 18.2 Å². The second kappa shape index (κ2) is 5.94. The van der Waals surface area contributed by atoms with Gasteiger partial charge in [-0.25, -0.2) is 0 Å². The Labute approximate surface area is 101 Å². The summed E-state index contributed by atoms with van der Waals surface area (Å²) in [5, 5.41) is 2.72. The molecule has 1 aromatic carbocycles. The van der Waals surface area contributed by atoms with E-state index in [0.29, 0.717) is 30.2 Å². The third-order valence-corrected chi connectivity index (χ3v) is 2.09. The zero-order chi connectivity index (χ0) is 12.8. The number of nitrogens with two attached hydrogens (primary N) is 1. The number of rotatable bonds is 5. The maximum Gasteiger partial charge on any atom is 0.251 e. The van der Waals surface area contributed by atoms with Gasteiger partial charge < -0.3 is 15.8 Å². The number of amides is 1. The first-order chi connectivity index (χ1) is 8.04. The van der Waals surface area contributed by atoms with Gasteiger partial charge in [-0.2, -0.15) is 0 Å². The first kappa shape index (κ1) is 13.1. The van der Waals surface area contributed by atoms with Gasteiger partial charge in [0.25, 0.3) is 5.91 Å². The summed E-state index contributed by atoms with van der Waals surface area (Å²) in [5.74, 6) is 0.379. The fourth-order valence-electron chi connectivity index (χ4n) is 1.26. The lowest BCUT2D eigenvalue weighted by Gasteiger charge is -2.10. The molecule has 0 aliphatic rings. The monoisotopic (exact) mass is 234 g/mol. The molecule has 0 saturated heterocycles. The van der Waals surface area contributed by atoms with Gasteiger partial charge in [0.2, 0.25) is 0 Å². The molecule has 0 radical (unpaired) electrons. The maximum atomic E-state index is 11.6. The molecular formula is C13H18N2O2. The number of nitrogens with one attached hydrogen (secondary N) is 1. The highest BCUT2D eigenvalue weighted by molar-refractivity contribution is 5.95. The van der Waals surface area contributed by atoms with E-state index in [1.807, 2.05) is 13.8 Å². The first-order valence-electron chi connectivity index (χ1n) is 5.49. The van der Waals surface area contributed by atoms with Gasteiger partial charge in [-0.3, -0.25) is 4.79 Å². The molecule has 92 valence electrons. The van der Waals surface area contributed by atoms with Crippen molar-refractivity contribution in [3.8, 4) is 5.75 Å². The lowest BCUT2D eigenvalue weighted by molar-refractivity contribution is 0.0955. The van der Waals surface area contributed by atoms with Gasteiger partial charge in [0, 0.05) is 12.1 Å². The lowest BCUT2D eigenvalue weighted by atomic mass is 10.2. The molecule has 0 bridgehead atoms. The van der Waals surface area contributed by atoms with E-state index in [4.69, 9.17) is 10.5 Å². The number of benzene rings is 1. The zero-order valence-corrected chi connectivity index (χ0v) is 10.2. The van der Waals surface area contributed by atoms with Crippen LogP contribution in [0, 0.1) is 0 Å². The molecule has 0 heterocycles. The highest BCUT2D eigenvalue weighted by atomic mass is 16.5. The van der Waals surface area contributed by atoms with Crippen LogP contribution in [0.4, 0.5) is 5.69 Å². The van der Waals surface area contributed by atoms with Gasteiger partial charge >= 0.3 is 0 Å². The van der Waals surface area contributed by atoms with Gasteiger partial charge in [0.15, 0.2) is 0 Å². The third kappa shape index (κ3) is 3.83. The predicted molar refractivity (Wildman–Crippen MR) is 69.2 cm³/mol. The van der Waals surface area contributed by atoms with Crippen molar-refractivity contribution in [3.05, 3.63) is 35.9 Å². The Kier molecular flexibility index (Phi) is 4.57. The van der Waals surface area contributed by atoms with Crippen LogP contribution >= 0.6 is 0 Å². The predicted octanol–water partition coefficient (Wildman–Crippen LogP) is 1.97. The molecule has 0 spiro atoms. The van der Waals surface area contributed by atoms with Crippen LogP contribution in [0.2, 0.25) is 0 Å². The molecule has 1 aromatic rings. The van der Waals surface area contributed by atoms with E-state index >= 15 is 0 Å². The average Bonchev–Trinajstić information content (AvgIpc) is 2.28. The molecule has 1 rings (SSSR count). The largest absolute Gasteiger partial charge is 0.487 e. The molecule has 0 aromatic heterocycles. The average molecular weight is 234 g/mol. The van der Waals surface area contributed by atoms with Gasteiger partial charge in [0.1, 0.15) is 12.4 Å². The highest BCUT2D eigenvalue weighted by Gasteiger charge is 2.08. The fraction of sp³-hybridized carbons (Fsp3) is 0.308. The molecule has 0 unspecified atom stereocenters. The van der Waals surface area contributed by atoms with Crippen LogP contribution in [0.5, 0.6) is 5.75 Å². The van der Waals surface area contributed by atoms with Gasteiger partial charge in [0.05, 0.1) is 5.69 Å². The summed E-state index contributed by atoms with van der Waals surface area (Å²) in [6.45, 7) is 8.46. The van der Waals surface area contributed by atoms with Crippen molar-refractivity contribution in [1.82, 2.24) is 5.32 Å². The van der Waals surface area contributed by atoms with Crippen LogP contribution in [0.1, 0.15) is 24.2 Å². The van der Waals surface area contributed by atoms with Crippen LogP contribution in [-0.2, 0) is 0 Å². The summed E-state index contributed by atoms with van der Waals surface area (Å²) in [6.07, 6.45) is 0. The lowest BCUT2D eigenvalue weighted by Crippen LogP contribution is -2.22. The Bertz CT molecular complexity index is 427. The van der Waals surface area contributed by atoms with E-state index in [0.717, 1.165) is 5.57 Å². The Morgan fingerprint density at radius 2 is 2.24 bits per heavy atom. The topological polar surface area (TPSA) is 64.3 Å². The summed E-state index contributed by atoms with van der Waals surface area (Å²) in [7, 11) is 0. The fourth-order valence-corrected chi connectivity index (χ4v) is 1.26. The molecule has 0 atom stereocenters. The zero-order valence-electron chi connectivity index (χ0n) is 10.2. The van der Waals surface area contributed by atoms with Gasteiger partial charge in [-0.1, -0.05) is 6.58 Å². The third-order valence-electron chi connectivity index (χ3n) is 2.09. The SMILES string of the molecule is C=C(C)COc1cc(C(=O)NCC)ccc1N. The van der Waals surface area contributed by atoms with Crippen LogP contribution in [0.15, 0.2) is 30.4 Å². The Morgan fingerprint density at radius 1 is 1.53 bits per heavy atom. The molecule has 0 saturated carbocycles. The molecule has 17 heavy (non-hydrogen) atoms. The minimum atomic E-state index is -0.132. The molecule has 0 fully saturated rings. The summed E-state index contributed by atoms with van der Waals surface area (Å²) in [6, 6.07) is 4.98. The van der Waals surface area contributed by atoms with E-state index in [-0.39, 0.29) is 5.91 Å². The van der Waals surface area contributed by atoms with Crippen molar-refractivity contribution < 1.29 is 9.53 Å². The highest BCUT2D eigenvalue weighted by Crippen LogP contribution is 2.23. The first-order valence-corrected chi connectivity index (χ1v) is 5.49. The number of carbonyl (C=O) groups excluding carboxylic acids is 1. The Hall–Kier alpha value is -1.97. The quantitative estimate of drug-likeness (QED) is 0.604. The second-order valence-electron chi connectivity index (χ2n) is 3.86. The van der Waals surface area contributed by atoms with Crippen molar-refractivity contribution in [3.63, 3.8) is 0 Å². The molecule has 0 aliphatic carbocycles. The van der Waals surface area contributed by atoms with E-state index in [1.165, 1.54) is 0 Å². The number of carbonyl (C=O) groups is 1. The number of nitrogen functional groups attached to an aromatic ring is 1. The molecule has 4 nitrogen and oxygen atoms in total. The van der Waals surface area contributed by atoms with Crippen LogP contribution < -0.4 is 15.8 Å². The van der Waals surface area contributed by atoms with Crippen molar-refractivity contribution >= 4 is 11.6 Å². The van der Waals surface area contributed by atoms with Crippen LogP contribution in [0.3, 0.4) is 0 Å². The van der Waals surface area contributed by atoms with E-state index < -0.39 is 0 Å². The summed E-state index contributed by atoms with van der Waals surface area (Å²) in [5.41, 5.74) is 7.71. The molecule has 4 heteroatoms. The number of hydrogen-bond acceptors (Lipinski definition) is 3. The molecular weight excluding hydrogens is 216 g/mol. The normalized spacial score (nSPS) is 9.76. The smallest absolute Gasteiger partial charge is 0.251 e. The standard InChI is InChI=1S/C13H18N2O2/c1-4-15-13(16)10-5-6-11(14)12(7-10)17-8-9(2)3/h5-7H,2,4,8,14H2,1,3H3,(H,15,16).